The molecule has 1 unspecified atom stereocenters. The minimum atomic E-state index is -0.480. The Morgan fingerprint density at radius 1 is 1.22 bits per heavy atom. The molecule has 0 aliphatic rings. The van der Waals surface area contributed by atoms with E-state index in [4.69, 9.17) is 0 Å². The van der Waals surface area contributed by atoms with Gasteiger partial charge in [-0.25, -0.2) is 4.79 Å². The van der Waals surface area contributed by atoms with Crippen LogP contribution in [0.1, 0.15) is 45.3 Å². The van der Waals surface area contributed by atoms with E-state index in [2.05, 4.69) is 30.7 Å². The van der Waals surface area contributed by atoms with E-state index in [1.54, 1.807) is 0 Å². The summed E-state index contributed by atoms with van der Waals surface area (Å²) >= 11 is 0. The molecule has 0 radical (unpaired) electrons. The number of aromatic amines is 2. The normalized spacial score (nSPS) is 14.0. The first-order chi connectivity index (χ1) is 8.35. The van der Waals surface area contributed by atoms with Crippen molar-refractivity contribution < 1.29 is 5.11 Å². The van der Waals surface area contributed by atoms with Crippen molar-refractivity contribution in [3.8, 4) is 0 Å². The van der Waals surface area contributed by atoms with Crippen LogP contribution in [-0.4, -0.2) is 15.1 Å². The summed E-state index contributed by atoms with van der Waals surface area (Å²) in [5, 5.41) is 10.1. The molecule has 0 spiro atoms. The Bertz CT molecular complexity index is 590. The van der Waals surface area contributed by atoms with Gasteiger partial charge < -0.3 is 15.1 Å². The number of hydrogen-bond acceptors (Lipinski definition) is 2. The third kappa shape index (κ3) is 3.01. The van der Waals surface area contributed by atoms with Gasteiger partial charge in [-0.15, -0.1) is 0 Å². The van der Waals surface area contributed by atoms with Crippen molar-refractivity contribution in [2.24, 2.45) is 5.41 Å². The zero-order valence-electron chi connectivity index (χ0n) is 11.1. The topological polar surface area (TPSA) is 68.9 Å². The van der Waals surface area contributed by atoms with Crippen LogP contribution < -0.4 is 5.69 Å². The predicted octanol–water partition coefficient (Wildman–Crippen LogP) is 2.72. The number of rotatable bonds is 3. The van der Waals surface area contributed by atoms with Crippen molar-refractivity contribution in [2.75, 3.05) is 0 Å². The van der Waals surface area contributed by atoms with Crippen molar-refractivity contribution in [3.63, 3.8) is 0 Å². The minimum Gasteiger partial charge on any atom is -0.388 e. The molecular weight excluding hydrogens is 228 g/mol. The SMILES string of the molecule is CC(C)(C)CCC(O)c1ccc2[nH]c(=O)[nH]c2c1. The standard InChI is InChI=1S/C14H20N2O2/c1-14(2,3)7-6-12(17)9-4-5-10-11(8-9)16-13(18)15-10/h4-5,8,12,17H,6-7H2,1-3H3,(H2,15,16,18). The fraction of sp³-hybridized carbons (Fsp3) is 0.500. The summed E-state index contributed by atoms with van der Waals surface area (Å²) in [5.41, 5.74) is 2.36. The lowest BCUT2D eigenvalue weighted by molar-refractivity contribution is 0.147. The molecule has 4 nitrogen and oxygen atoms in total. The third-order valence-corrected chi connectivity index (χ3v) is 3.09. The van der Waals surface area contributed by atoms with Gasteiger partial charge in [0.05, 0.1) is 17.1 Å². The smallest absolute Gasteiger partial charge is 0.323 e. The number of nitrogens with one attached hydrogen (secondary N) is 2. The van der Waals surface area contributed by atoms with Gasteiger partial charge in [-0.1, -0.05) is 26.8 Å². The number of H-pyrrole nitrogens is 2. The summed E-state index contributed by atoms with van der Waals surface area (Å²) in [6, 6.07) is 5.52. The van der Waals surface area contributed by atoms with E-state index in [0.29, 0.717) is 0 Å². The molecule has 0 aliphatic carbocycles. The van der Waals surface area contributed by atoms with Crippen LogP contribution in [0.25, 0.3) is 11.0 Å². The number of hydrogen-bond donors (Lipinski definition) is 3. The number of aliphatic hydroxyl groups is 1. The fourth-order valence-electron chi connectivity index (χ4n) is 1.99. The Labute approximate surface area is 106 Å². The maximum atomic E-state index is 11.2. The molecule has 18 heavy (non-hydrogen) atoms. The lowest BCUT2D eigenvalue weighted by Crippen LogP contribution is -2.08. The Morgan fingerprint density at radius 3 is 2.56 bits per heavy atom. The van der Waals surface area contributed by atoms with Gasteiger partial charge in [-0.2, -0.15) is 0 Å². The van der Waals surface area contributed by atoms with Gasteiger partial charge in [0.25, 0.3) is 0 Å². The van der Waals surface area contributed by atoms with Gasteiger partial charge in [-0.3, -0.25) is 0 Å². The highest BCUT2D eigenvalue weighted by Crippen LogP contribution is 2.28. The molecule has 3 N–H and O–H groups in total. The van der Waals surface area contributed by atoms with E-state index in [0.717, 1.165) is 29.4 Å². The lowest BCUT2D eigenvalue weighted by Gasteiger charge is -2.20. The van der Waals surface area contributed by atoms with Crippen LogP contribution in [0.2, 0.25) is 0 Å². The largest absolute Gasteiger partial charge is 0.388 e. The molecule has 2 aromatic rings. The van der Waals surface area contributed by atoms with E-state index in [1.165, 1.54) is 0 Å². The van der Waals surface area contributed by atoms with Crippen molar-refractivity contribution >= 4 is 11.0 Å². The van der Waals surface area contributed by atoms with Gasteiger partial charge in [0.2, 0.25) is 0 Å². The van der Waals surface area contributed by atoms with Gasteiger partial charge in [0.15, 0.2) is 0 Å². The first kappa shape index (κ1) is 12.9. The van der Waals surface area contributed by atoms with E-state index >= 15 is 0 Å². The Kier molecular flexibility index (Phi) is 3.30. The highest BCUT2D eigenvalue weighted by atomic mass is 16.3. The number of aliphatic hydroxyl groups excluding tert-OH is 1. The van der Waals surface area contributed by atoms with Crippen LogP contribution in [0, 0.1) is 5.41 Å². The monoisotopic (exact) mass is 248 g/mol. The van der Waals surface area contributed by atoms with Crippen LogP contribution >= 0.6 is 0 Å². The second-order valence-corrected chi connectivity index (χ2v) is 6.00. The summed E-state index contributed by atoms with van der Waals surface area (Å²) in [6.45, 7) is 6.48. The highest BCUT2D eigenvalue weighted by molar-refractivity contribution is 5.75. The van der Waals surface area contributed by atoms with Crippen molar-refractivity contribution in [3.05, 3.63) is 34.2 Å². The van der Waals surface area contributed by atoms with Crippen molar-refractivity contribution in [1.29, 1.82) is 0 Å². The zero-order chi connectivity index (χ0) is 13.3. The van der Waals surface area contributed by atoms with Crippen molar-refractivity contribution in [2.45, 2.75) is 39.7 Å². The zero-order valence-corrected chi connectivity index (χ0v) is 11.1. The van der Waals surface area contributed by atoms with Gasteiger partial charge in [0.1, 0.15) is 0 Å². The van der Waals surface area contributed by atoms with Gasteiger partial charge in [0, 0.05) is 0 Å². The van der Waals surface area contributed by atoms with E-state index in [9.17, 15) is 9.90 Å². The Morgan fingerprint density at radius 2 is 1.89 bits per heavy atom. The van der Waals surface area contributed by atoms with Crippen LogP contribution in [0.15, 0.2) is 23.0 Å². The molecule has 0 aliphatic heterocycles. The Balaban J connectivity index is 2.17. The third-order valence-electron chi connectivity index (χ3n) is 3.09. The second kappa shape index (κ2) is 4.61. The molecule has 98 valence electrons. The molecule has 2 rings (SSSR count). The van der Waals surface area contributed by atoms with Crippen LogP contribution in [0.5, 0.6) is 0 Å². The number of aromatic nitrogens is 2. The molecule has 1 heterocycles. The summed E-state index contributed by atoms with van der Waals surface area (Å²) in [6.07, 6.45) is 1.20. The first-order valence-electron chi connectivity index (χ1n) is 6.25. The average Bonchev–Trinajstić information content (AvgIpc) is 2.63. The first-order valence-corrected chi connectivity index (χ1v) is 6.25. The molecule has 0 saturated heterocycles. The van der Waals surface area contributed by atoms with Gasteiger partial charge >= 0.3 is 5.69 Å². The maximum Gasteiger partial charge on any atom is 0.323 e. The fourth-order valence-corrected chi connectivity index (χ4v) is 1.99. The lowest BCUT2D eigenvalue weighted by atomic mass is 9.88. The van der Waals surface area contributed by atoms with Gasteiger partial charge in [-0.05, 0) is 36.0 Å². The molecule has 0 saturated carbocycles. The van der Waals surface area contributed by atoms with Crippen LogP contribution in [0.3, 0.4) is 0 Å². The van der Waals surface area contributed by atoms with E-state index in [1.807, 2.05) is 18.2 Å². The number of imidazole rings is 1. The summed E-state index contributed by atoms with van der Waals surface area (Å²) in [7, 11) is 0. The predicted molar refractivity (Wildman–Crippen MR) is 72.6 cm³/mol. The molecule has 4 heteroatoms. The molecule has 0 fully saturated rings. The molecule has 1 atom stereocenters. The summed E-state index contributed by atoms with van der Waals surface area (Å²) in [4.78, 5) is 16.5. The molecule has 1 aromatic heterocycles. The minimum absolute atomic E-state index is 0.216. The molecule has 0 bridgehead atoms. The molecule has 0 amide bonds. The molecule has 1 aromatic carbocycles. The maximum absolute atomic E-state index is 11.2. The Hall–Kier alpha value is -1.55. The number of benzene rings is 1. The highest BCUT2D eigenvalue weighted by Gasteiger charge is 2.15. The second-order valence-electron chi connectivity index (χ2n) is 6.00. The van der Waals surface area contributed by atoms with E-state index < -0.39 is 6.10 Å². The van der Waals surface area contributed by atoms with E-state index in [-0.39, 0.29) is 11.1 Å². The van der Waals surface area contributed by atoms with Crippen LogP contribution in [0.4, 0.5) is 0 Å². The quantitative estimate of drug-likeness (QED) is 0.781. The summed E-state index contributed by atoms with van der Waals surface area (Å²) < 4.78 is 0. The summed E-state index contributed by atoms with van der Waals surface area (Å²) in [5.74, 6) is 0. The van der Waals surface area contributed by atoms with Crippen molar-refractivity contribution in [1.82, 2.24) is 9.97 Å². The van der Waals surface area contributed by atoms with Crippen LogP contribution in [-0.2, 0) is 0 Å². The average molecular weight is 248 g/mol. The molecular formula is C14H20N2O2. The number of fused-ring (bicyclic) bond motifs is 1.